The zero-order chi connectivity index (χ0) is 15.4. The monoisotopic (exact) mass is 289 g/mol. The van der Waals surface area contributed by atoms with Crippen molar-refractivity contribution in [2.24, 2.45) is 5.92 Å². The van der Waals surface area contributed by atoms with Gasteiger partial charge >= 0.3 is 0 Å². The van der Waals surface area contributed by atoms with Crippen molar-refractivity contribution in [3.63, 3.8) is 0 Å². The van der Waals surface area contributed by atoms with Crippen molar-refractivity contribution >= 4 is 11.7 Å². The molecule has 0 unspecified atom stereocenters. The second-order valence-corrected chi connectivity index (χ2v) is 5.00. The highest BCUT2D eigenvalue weighted by Crippen LogP contribution is 1.94. The highest BCUT2D eigenvalue weighted by atomic mass is 16.5. The van der Waals surface area contributed by atoms with Crippen LogP contribution in [-0.2, 0) is 23.8 Å². The normalized spacial score (nSPS) is 11.1. The Bertz CT molecular complexity index is 279. The molecule has 1 amide bonds. The van der Waals surface area contributed by atoms with Crippen LogP contribution in [0, 0.1) is 5.92 Å². The van der Waals surface area contributed by atoms with Crippen molar-refractivity contribution in [1.82, 2.24) is 5.32 Å². The predicted octanol–water partition coefficient (Wildman–Crippen LogP) is 0.786. The maximum Gasteiger partial charge on any atom is 0.246 e. The van der Waals surface area contributed by atoms with E-state index < -0.39 is 0 Å². The zero-order valence-electron chi connectivity index (χ0n) is 12.9. The van der Waals surface area contributed by atoms with Crippen molar-refractivity contribution in [2.75, 3.05) is 39.6 Å². The molecule has 0 aliphatic carbocycles. The molecule has 0 heterocycles. The lowest BCUT2D eigenvalue weighted by atomic mass is 10.1. The highest BCUT2D eigenvalue weighted by molar-refractivity contribution is 5.81. The minimum Gasteiger partial charge on any atom is -0.377 e. The number of amides is 1. The van der Waals surface area contributed by atoms with Crippen LogP contribution in [0.3, 0.4) is 0 Å². The summed E-state index contributed by atoms with van der Waals surface area (Å²) in [6, 6.07) is 0. The highest BCUT2D eigenvalue weighted by Gasteiger charge is 2.06. The van der Waals surface area contributed by atoms with Crippen LogP contribution in [-0.4, -0.2) is 57.4 Å². The standard InChI is InChI=1S/C14H27NO5/c1-11(2)13(16)9-18-7-8-19-10-14(17)15-5-6-20-12(3)4/h11-12H,5-10H2,1-4H3,(H,15,17). The topological polar surface area (TPSA) is 73.9 Å². The Labute approximate surface area is 121 Å². The molecule has 118 valence electrons. The van der Waals surface area contributed by atoms with Crippen molar-refractivity contribution in [3.8, 4) is 0 Å². The van der Waals surface area contributed by atoms with Gasteiger partial charge in [-0.05, 0) is 13.8 Å². The molecule has 0 aliphatic heterocycles. The smallest absolute Gasteiger partial charge is 0.246 e. The van der Waals surface area contributed by atoms with Gasteiger partial charge in [-0.25, -0.2) is 0 Å². The Morgan fingerprint density at radius 1 is 0.950 bits per heavy atom. The molecule has 0 aromatic heterocycles. The van der Waals surface area contributed by atoms with Gasteiger partial charge < -0.3 is 19.5 Å². The summed E-state index contributed by atoms with van der Waals surface area (Å²) >= 11 is 0. The quantitative estimate of drug-likeness (QED) is 0.538. The van der Waals surface area contributed by atoms with Crippen molar-refractivity contribution < 1.29 is 23.8 Å². The van der Waals surface area contributed by atoms with Gasteiger partial charge in [0.25, 0.3) is 0 Å². The van der Waals surface area contributed by atoms with Crippen LogP contribution in [0.4, 0.5) is 0 Å². The molecule has 6 heteroatoms. The van der Waals surface area contributed by atoms with Crippen LogP contribution in [0.1, 0.15) is 27.7 Å². The lowest BCUT2D eigenvalue weighted by molar-refractivity contribution is -0.129. The number of hydrogen-bond acceptors (Lipinski definition) is 5. The van der Waals surface area contributed by atoms with Gasteiger partial charge in [0.05, 0.1) is 25.9 Å². The molecular weight excluding hydrogens is 262 g/mol. The number of carbonyl (C=O) groups excluding carboxylic acids is 2. The predicted molar refractivity (Wildman–Crippen MR) is 75.6 cm³/mol. The van der Waals surface area contributed by atoms with Gasteiger partial charge in [-0.3, -0.25) is 9.59 Å². The molecule has 0 saturated carbocycles. The summed E-state index contributed by atoms with van der Waals surface area (Å²) < 4.78 is 15.5. The average molecular weight is 289 g/mol. The first-order valence-corrected chi connectivity index (χ1v) is 7.00. The van der Waals surface area contributed by atoms with Crippen molar-refractivity contribution in [3.05, 3.63) is 0 Å². The molecule has 0 spiro atoms. The number of carbonyl (C=O) groups is 2. The third kappa shape index (κ3) is 12.1. The molecular formula is C14H27NO5. The number of ether oxygens (including phenoxy) is 3. The number of hydrogen-bond donors (Lipinski definition) is 1. The Balaban J connectivity index is 3.33. The van der Waals surface area contributed by atoms with Crippen LogP contribution < -0.4 is 5.32 Å². The number of Topliss-reactive ketones (excluding diaryl/α,β-unsaturated/α-hetero) is 1. The van der Waals surface area contributed by atoms with Crippen LogP contribution in [0.2, 0.25) is 0 Å². The summed E-state index contributed by atoms with van der Waals surface area (Å²) in [6.45, 7) is 9.19. The Kier molecular flexibility index (Phi) is 11.2. The molecule has 0 saturated heterocycles. The summed E-state index contributed by atoms with van der Waals surface area (Å²) in [5.41, 5.74) is 0. The first-order valence-electron chi connectivity index (χ1n) is 7.00. The first-order chi connectivity index (χ1) is 9.43. The van der Waals surface area contributed by atoms with Gasteiger partial charge in [0.1, 0.15) is 13.2 Å². The van der Waals surface area contributed by atoms with Crippen LogP contribution in [0.15, 0.2) is 0 Å². The third-order valence-electron chi connectivity index (χ3n) is 2.37. The molecule has 0 atom stereocenters. The summed E-state index contributed by atoms with van der Waals surface area (Å²) in [4.78, 5) is 22.6. The van der Waals surface area contributed by atoms with E-state index in [1.54, 1.807) is 0 Å². The molecule has 0 rings (SSSR count). The lowest BCUT2D eigenvalue weighted by Gasteiger charge is -2.09. The second-order valence-electron chi connectivity index (χ2n) is 5.00. The lowest BCUT2D eigenvalue weighted by Crippen LogP contribution is -2.31. The van der Waals surface area contributed by atoms with Crippen LogP contribution in [0.5, 0.6) is 0 Å². The number of nitrogens with one attached hydrogen (secondary N) is 1. The van der Waals surface area contributed by atoms with E-state index in [-0.39, 0.29) is 36.9 Å². The zero-order valence-corrected chi connectivity index (χ0v) is 12.9. The van der Waals surface area contributed by atoms with E-state index in [1.807, 2.05) is 27.7 Å². The van der Waals surface area contributed by atoms with Crippen molar-refractivity contribution in [1.29, 1.82) is 0 Å². The summed E-state index contributed by atoms with van der Waals surface area (Å²) in [5, 5.41) is 2.68. The van der Waals surface area contributed by atoms with E-state index in [1.165, 1.54) is 0 Å². The van der Waals surface area contributed by atoms with Gasteiger partial charge in [0.2, 0.25) is 5.91 Å². The van der Waals surface area contributed by atoms with Crippen LogP contribution >= 0.6 is 0 Å². The summed E-state index contributed by atoms with van der Waals surface area (Å²) in [7, 11) is 0. The molecule has 0 aliphatic rings. The van der Waals surface area contributed by atoms with Gasteiger partial charge in [0, 0.05) is 12.5 Å². The Hall–Kier alpha value is -0.980. The fourth-order valence-electron chi connectivity index (χ4n) is 1.16. The van der Waals surface area contributed by atoms with Gasteiger partial charge in [-0.1, -0.05) is 13.8 Å². The molecule has 0 bridgehead atoms. The van der Waals surface area contributed by atoms with Gasteiger partial charge in [-0.15, -0.1) is 0 Å². The Morgan fingerprint density at radius 2 is 1.55 bits per heavy atom. The fraction of sp³-hybridized carbons (Fsp3) is 0.857. The van der Waals surface area contributed by atoms with E-state index in [0.717, 1.165) is 0 Å². The minimum atomic E-state index is -0.185. The number of ketones is 1. The van der Waals surface area contributed by atoms with E-state index in [4.69, 9.17) is 14.2 Å². The van der Waals surface area contributed by atoms with E-state index in [9.17, 15) is 9.59 Å². The van der Waals surface area contributed by atoms with Gasteiger partial charge in [0.15, 0.2) is 5.78 Å². The average Bonchev–Trinajstić information content (AvgIpc) is 2.38. The maximum atomic E-state index is 11.3. The van der Waals surface area contributed by atoms with Gasteiger partial charge in [-0.2, -0.15) is 0 Å². The summed E-state index contributed by atoms with van der Waals surface area (Å²) in [6.07, 6.45) is 0.161. The van der Waals surface area contributed by atoms with E-state index in [0.29, 0.717) is 26.4 Å². The molecule has 0 aromatic carbocycles. The third-order valence-corrected chi connectivity index (χ3v) is 2.37. The van der Waals surface area contributed by atoms with E-state index >= 15 is 0 Å². The SMILES string of the molecule is CC(C)OCCNC(=O)COCCOCC(=O)C(C)C. The first kappa shape index (κ1) is 19.0. The van der Waals surface area contributed by atoms with Crippen LogP contribution in [0.25, 0.3) is 0 Å². The fourth-order valence-corrected chi connectivity index (χ4v) is 1.16. The maximum absolute atomic E-state index is 11.3. The Morgan fingerprint density at radius 3 is 2.10 bits per heavy atom. The molecule has 20 heavy (non-hydrogen) atoms. The summed E-state index contributed by atoms with van der Waals surface area (Å²) in [5.74, 6) is -0.140. The molecule has 0 fully saturated rings. The van der Waals surface area contributed by atoms with E-state index in [2.05, 4.69) is 5.32 Å². The molecule has 0 radical (unpaired) electrons. The molecule has 0 aromatic rings. The minimum absolute atomic E-state index is 0.0107. The number of rotatable bonds is 12. The second kappa shape index (κ2) is 11.8. The largest absolute Gasteiger partial charge is 0.377 e. The van der Waals surface area contributed by atoms with Crippen molar-refractivity contribution in [2.45, 2.75) is 33.8 Å². The molecule has 6 nitrogen and oxygen atoms in total. The molecule has 1 N–H and O–H groups in total.